The summed E-state index contributed by atoms with van der Waals surface area (Å²) in [5, 5.41) is 17.0. The highest BCUT2D eigenvalue weighted by Gasteiger charge is 2.21. The lowest BCUT2D eigenvalue weighted by atomic mass is 10.0. The highest BCUT2D eigenvalue weighted by atomic mass is 15.3. The van der Waals surface area contributed by atoms with Crippen LogP contribution < -0.4 is 0 Å². The molecule has 0 unspecified atom stereocenters. The second-order valence-electron chi connectivity index (χ2n) is 17.6. The van der Waals surface area contributed by atoms with Crippen LogP contribution >= 0.6 is 0 Å². The van der Waals surface area contributed by atoms with Gasteiger partial charge in [0.15, 0.2) is 11.6 Å². The first-order valence-electron chi connectivity index (χ1n) is 22.8. The van der Waals surface area contributed by atoms with Gasteiger partial charge < -0.3 is 13.7 Å². The fraction of sp³-hybridized carbons (Fsp3) is 0.0667. The molecule has 0 saturated heterocycles. The molecule has 1 atom stereocenters. The lowest BCUT2D eigenvalue weighted by Gasteiger charge is -2.17. The summed E-state index contributed by atoms with van der Waals surface area (Å²) >= 11 is 0. The summed E-state index contributed by atoms with van der Waals surface area (Å²) in [6.07, 6.45) is 0.930. The molecule has 66 heavy (non-hydrogen) atoms. The van der Waals surface area contributed by atoms with Crippen molar-refractivity contribution in [1.29, 1.82) is 0 Å². The molecule has 0 radical (unpaired) electrons. The van der Waals surface area contributed by atoms with Gasteiger partial charge in [-0.05, 0) is 90.7 Å². The monoisotopic (exact) mass is 848 g/mol. The minimum absolute atomic E-state index is 0.346. The summed E-state index contributed by atoms with van der Waals surface area (Å²) < 4.78 is 9.60. The summed E-state index contributed by atoms with van der Waals surface area (Å²) in [6.45, 7) is 3.25. The predicted molar refractivity (Wildman–Crippen MR) is 273 cm³/mol. The molecular weight excluding hydrogens is 805 g/mol. The summed E-state index contributed by atoms with van der Waals surface area (Å²) in [6, 6.07) is 78.9. The van der Waals surface area contributed by atoms with Crippen LogP contribution in [0.5, 0.6) is 0 Å². The van der Waals surface area contributed by atoms with Gasteiger partial charge in [-0.2, -0.15) is 0 Å². The first-order chi connectivity index (χ1) is 32.7. The van der Waals surface area contributed by atoms with E-state index in [2.05, 4.69) is 207 Å². The van der Waals surface area contributed by atoms with E-state index in [1.165, 1.54) is 71.0 Å². The Morgan fingerprint density at radius 3 is 1.15 bits per heavy atom. The predicted octanol–water partition coefficient (Wildman–Crippen LogP) is 14.8. The maximum absolute atomic E-state index is 4.70. The molecule has 0 aliphatic rings. The zero-order valence-corrected chi connectivity index (χ0v) is 36.5. The third-order valence-corrected chi connectivity index (χ3v) is 13.5. The standard InChI is InChI=1S/C60H44N6/c1-40(36-41-28-30-44(31-29-41)66-59(42-16-4-2-5-17-42)61-62-60(66)43-18-6-3-7-19-43)39-63-53-34-32-45(64-55-24-12-8-20-47(55)48-21-9-13-25-56(48)64)37-51(53)52-38-46(33-35-54(52)63)65-57-26-14-10-22-49(57)50-23-11-15-27-58(50)65/h2-35,37-38,40H,36,39H2,1H3/t40-/m0/s1. The van der Waals surface area contributed by atoms with Crippen LogP contribution in [0.2, 0.25) is 0 Å². The zero-order chi connectivity index (χ0) is 43.7. The minimum Gasteiger partial charge on any atom is -0.340 e. The summed E-state index contributed by atoms with van der Waals surface area (Å²) in [5.74, 6) is 1.99. The van der Waals surface area contributed by atoms with Gasteiger partial charge in [-0.3, -0.25) is 4.57 Å². The highest BCUT2D eigenvalue weighted by Crippen LogP contribution is 2.39. The molecule has 9 aromatic carbocycles. The van der Waals surface area contributed by atoms with Crippen LogP contribution in [-0.2, 0) is 13.0 Å². The van der Waals surface area contributed by atoms with Crippen molar-refractivity contribution in [3.63, 3.8) is 0 Å². The van der Waals surface area contributed by atoms with Gasteiger partial charge in [0.1, 0.15) is 0 Å². The minimum atomic E-state index is 0.346. The molecule has 4 aromatic heterocycles. The lowest BCUT2D eigenvalue weighted by Crippen LogP contribution is -2.10. The normalized spacial score (nSPS) is 12.4. The van der Waals surface area contributed by atoms with Crippen molar-refractivity contribution >= 4 is 65.4 Å². The van der Waals surface area contributed by atoms with Crippen molar-refractivity contribution < 1.29 is 0 Å². The van der Waals surface area contributed by atoms with Gasteiger partial charge >= 0.3 is 0 Å². The van der Waals surface area contributed by atoms with Gasteiger partial charge in [-0.25, -0.2) is 0 Å². The van der Waals surface area contributed by atoms with E-state index in [1.807, 2.05) is 36.4 Å². The van der Waals surface area contributed by atoms with Crippen LogP contribution in [-0.4, -0.2) is 28.5 Å². The van der Waals surface area contributed by atoms with Gasteiger partial charge in [-0.15, -0.1) is 10.2 Å². The summed E-state index contributed by atoms with van der Waals surface area (Å²) in [4.78, 5) is 0. The molecule has 4 heterocycles. The van der Waals surface area contributed by atoms with Crippen molar-refractivity contribution in [2.45, 2.75) is 19.9 Å². The first-order valence-corrected chi connectivity index (χ1v) is 22.8. The van der Waals surface area contributed by atoms with Gasteiger partial charge in [-0.1, -0.05) is 153 Å². The molecular formula is C60H44N6. The van der Waals surface area contributed by atoms with E-state index in [-0.39, 0.29) is 0 Å². The number of hydrogen-bond donors (Lipinski definition) is 0. The number of hydrogen-bond acceptors (Lipinski definition) is 2. The van der Waals surface area contributed by atoms with Crippen LogP contribution in [0.1, 0.15) is 12.5 Å². The van der Waals surface area contributed by atoms with Crippen molar-refractivity contribution in [3.05, 3.63) is 224 Å². The Hall–Kier alpha value is -8.48. The highest BCUT2D eigenvalue weighted by molar-refractivity contribution is 6.13. The Morgan fingerprint density at radius 2 is 0.727 bits per heavy atom. The van der Waals surface area contributed by atoms with Crippen LogP contribution in [0.15, 0.2) is 218 Å². The first kappa shape index (κ1) is 38.0. The van der Waals surface area contributed by atoms with Crippen molar-refractivity contribution in [3.8, 4) is 39.8 Å². The largest absolute Gasteiger partial charge is 0.340 e. The molecule has 6 heteroatoms. The molecule has 6 nitrogen and oxygen atoms in total. The maximum atomic E-state index is 4.70. The number of rotatable bonds is 9. The third kappa shape index (κ3) is 6.10. The van der Waals surface area contributed by atoms with E-state index < -0.39 is 0 Å². The molecule has 13 aromatic rings. The van der Waals surface area contributed by atoms with Gasteiger partial charge in [0.2, 0.25) is 0 Å². The second-order valence-corrected chi connectivity index (χ2v) is 17.6. The van der Waals surface area contributed by atoms with Gasteiger partial charge in [0, 0.05) is 78.1 Å². The average molecular weight is 849 g/mol. The summed E-state index contributed by atoms with van der Waals surface area (Å²) in [7, 11) is 0. The zero-order valence-electron chi connectivity index (χ0n) is 36.5. The molecule has 0 fully saturated rings. The second kappa shape index (κ2) is 15.4. The van der Waals surface area contributed by atoms with E-state index in [0.717, 1.165) is 52.8 Å². The Balaban J connectivity index is 0.909. The number of benzene rings is 9. The summed E-state index contributed by atoms with van der Waals surface area (Å²) in [5.41, 5.74) is 14.0. The Labute approximate surface area is 381 Å². The van der Waals surface area contributed by atoms with E-state index in [4.69, 9.17) is 10.2 Å². The molecule has 314 valence electrons. The van der Waals surface area contributed by atoms with Crippen LogP contribution in [0.4, 0.5) is 0 Å². The Kier molecular flexibility index (Phi) is 8.85. The molecule has 13 rings (SSSR count). The molecule has 0 N–H and O–H groups in total. The van der Waals surface area contributed by atoms with Crippen LogP contribution in [0.3, 0.4) is 0 Å². The SMILES string of the molecule is C[C@@H](Cc1ccc(-n2c(-c3ccccc3)nnc2-c2ccccc2)cc1)Cn1c2ccc(-n3c4ccccc4c4ccccc43)cc2c2cc(-n3c4ccccc4c4ccccc43)ccc21. The molecule has 0 aliphatic heterocycles. The third-order valence-electron chi connectivity index (χ3n) is 13.5. The van der Waals surface area contributed by atoms with Gasteiger partial charge in [0.05, 0.1) is 22.1 Å². The van der Waals surface area contributed by atoms with E-state index >= 15 is 0 Å². The van der Waals surface area contributed by atoms with Crippen molar-refractivity contribution in [2.75, 3.05) is 0 Å². The van der Waals surface area contributed by atoms with E-state index in [9.17, 15) is 0 Å². The number of fused-ring (bicyclic) bond motifs is 9. The smallest absolute Gasteiger partial charge is 0.168 e. The van der Waals surface area contributed by atoms with Crippen molar-refractivity contribution in [2.24, 2.45) is 5.92 Å². The number of nitrogens with zero attached hydrogens (tertiary/aromatic N) is 6. The fourth-order valence-electron chi connectivity index (χ4n) is 10.6. The van der Waals surface area contributed by atoms with E-state index in [1.54, 1.807) is 0 Å². The van der Waals surface area contributed by atoms with Crippen LogP contribution in [0, 0.1) is 5.92 Å². The lowest BCUT2D eigenvalue weighted by molar-refractivity contribution is 0.497. The molecule has 0 spiro atoms. The Morgan fingerprint density at radius 1 is 0.348 bits per heavy atom. The average Bonchev–Trinajstić information content (AvgIpc) is 4.13. The van der Waals surface area contributed by atoms with Crippen molar-refractivity contribution in [1.82, 2.24) is 28.5 Å². The van der Waals surface area contributed by atoms with Crippen LogP contribution in [0.25, 0.3) is 105 Å². The molecule has 0 saturated carbocycles. The maximum Gasteiger partial charge on any atom is 0.168 e. The molecule has 0 aliphatic carbocycles. The Bertz CT molecular complexity index is 3610. The topological polar surface area (TPSA) is 45.5 Å². The molecule has 0 amide bonds. The number of aromatic nitrogens is 6. The molecule has 0 bridgehead atoms. The number of para-hydroxylation sites is 4. The quantitative estimate of drug-likeness (QED) is 0.145. The van der Waals surface area contributed by atoms with Gasteiger partial charge in [0.25, 0.3) is 0 Å². The fourth-order valence-corrected chi connectivity index (χ4v) is 10.6. The van der Waals surface area contributed by atoms with E-state index in [0.29, 0.717) is 5.92 Å².